The van der Waals surface area contributed by atoms with Crippen LogP contribution in [-0.2, 0) is 20.9 Å². The number of hydrogen-bond acceptors (Lipinski definition) is 11. The average Bonchev–Trinajstić information content (AvgIpc) is 3.40. The summed E-state index contributed by atoms with van der Waals surface area (Å²) in [5.74, 6) is 0.709. The highest BCUT2D eigenvalue weighted by molar-refractivity contribution is 7.07. The van der Waals surface area contributed by atoms with E-state index in [0.29, 0.717) is 61.3 Å². The fraction of sp³-hybridized carbons (Fsp3) is 0.316. The first-order valence-electron chi connectivity index (χ1n) is 16.3. The minimum atomic E-state index is -0.843. The Morgan fingerprint density at radius 2 is 1.63 bits per heavy atom. The summed E-state index contributed by atoms with van der Waals surface area (Å²) >= 11 is 7.88. The molecule has 0 bridgehead atoms. The summed E-state index contributed by atoms with van der Waals surface area (Å²) in [5, 5.41) is 0.269. The number of esters is 2. The normalized spacial score (nSPS) is 14.1. The first-order chi connectivity index (χ1) is 24.5. The maximum absolute atomic E-state index is 14.2. The average molecular weight is 735 g/mol. The second-order valence-corrected chi connectivity index (χ2v) is 13.0. The Labute approximate surface area is 304 Å². The number of allylic oxidation sites excluding steroid dienone is 1. The Balaban J connectivity index is 1.52. The van der Waals surface area contributed by atoms with E-state index in [1.165, 1.54) is 30.1 Å². The molecule has 4 aromatic rings. The molecule has 0 N–H and O–H groups in total. The summed E-state index contributed by atoms with van der Waals surface area (Å²) in [6.07, 6.45) is 1.60. The Hall–Kier alpha value is -5.07. The van der Waals surface area contributed by atoms with E-state index in [1.807, 2.05) is 13.8 Å². The Morgan fingerprint density at radius 1 is 0.941 bits per heavy atom. The van der Waals surface area contributed by atoms with Crippen LogP contribution in [0.5, 0.6) is 23.0 Å². The molecule has 0 fully saturated rings. The molecule has 0 unspecified atom stereocenters. The van der Waals surface area contributed by atoms with Crippen molar-refractivity contribution in [3.05, 3.63) is 113 Å². The van der Waals surface area contributed by atoms with Gasteiger partial charge >= 0.3 is 11.9 Å². The van der Waals surface area contributed by atoms with Gasteiger partial charge in [0.1, 0.15) is 6.61 Å². The molecule has 1 aromatic heterocycles. The van der Waals surface area contributed by atoms with Gasteiger partial charge in [0.05, 0.1) is 66.0 Å². The Morgan fingerprint density at radius 3 is 2.27 bits per heavy atom. The highest BCUT2D eigenvalue weighted by Crippen LogP contribution is 2.38. The van der Waals surface area contributed by atoms with Crippen LogP contribution in [0.3, 0.4) is 0 Å². The predicted molar refractivity (Wildman–Crippen MR) is 194 cm³/mol. The molecular weight excluding hydrogens is 696 g/mol. The SMILES string of the molecule is CCOC(=O)C1=C(C)N=c2s/c(=C/c3cc(Cl)c(OCc4ccc(C(=O)OCC)cc4)c(OC)c3)c(=O)n2[C@@H]1c1ccc(OC(C)C)c(OC)c1. The fourth-order valence-electron chi connectivity index (χ4n) is 5.53. The molecule has 0 saturated carbocycles. The number of rotatable bonds is 13. The maximum Gasteiger partial charge on any atom is 0.338 e. The zero-order valence-electron chi connectivity index (χ0n) is 29.4. The van der Waals surface area contributed by atoms with Gasteiger partial charge in [-0.1, -0.05) is 41.1 Å². The van der Waals surface area contributed by atoms with Gasteiger partial charge in [-0.15, -0.1) is 0 Å². The van der Waals surface area contributed by atoms with Gasteiger partial charge in [-0.25, -0.2) is 14.6 Å². The van der Waals surface area contributed by atoms with Crippen molar-refractivity contribution in [2.24, 2.45) is 4.99 Å². The molecule has 3 aromatic carbocycles. The highest BCUT2D eigenvalue weighted by atomic mass is 35.5. The van der Waals surface area contributed by atoms with Crippen molar-refractivity contribution in [3.8, 4) is 23.0 Å². The summed E-state index contributed by atoms with van der Waals surface area (Å²) in [6, 6.07) is 14.8. The summed E-state index contributed by atoms with van der Waals surface area (Å²) < 4.78 is 35.5. The van der Waals surface area contributed by atoms with Crippen LogP contribution >= 0.6 is 22.9 Å². The van der Waals surface area contributed by atoms with Gasteiger partial charge in [-0.3, -0.25) is 9.36 Å². The third-order valence-corrected chi connectivity index (χ3v) is 9.04. The summed E-state index contributed by atoms with van der Waals surface area (Å²) in [7, 11) is 3.03. The second-order valence-electron chi connectivity index (χ2n) is 11.6. The van der Waals surface area contributed by atoms with E-state index in [2.05, 4.69) is 4.99 Å². The van der Waals surface area contributed by atoms with Crippen LogP contribution < -0.4 is 33.8 Å². The number of carbonyl (C=O) groups excluding carboxylic acids is 2. The van der Waals surface area contributed by atoms with Crippen molar-refractivity contribution >= 4 is 41.0 Å². The Bertz CT molecular complexity index is 2150. The smallest absolute Gasteiger partial charge is 0.338 e. The van der Waals surface area contributed by atoms with E-state index in [1.54, 1.807) is 81.4 Å². The Kier molecular flexibility index (Phi) is 11.9. The van der Waals surface area contributed by atoms with Crippen molar-refractivity contribution in [2.75, 3.05) is 27.4 Å². The lowest BCUT2D eigenvalue weighted by atomic mass is 9.95. The van der Waals surface area contributed by atoms with Crippen LogP contribution in [-0.4, -0.2) is 50.0 Å². The van der Waals surface area contributed by atoms with Gasteiger partial charge in [0.25, 0.3) is 5.56 Å². The number of ether oxygens (including phenoxy) is 6. The number of halogens is 1. The van der Waals surface area contributed by atoms with Crippen LogP contribution in [0.2, 0.25) is 5.02 Å². The van der Waals surface area contributed by atoms with Gasteiger partial charge < -0.3 is 28.4 Å². The molecule has 51 heavy (non-hydrogen) atoms. The van der Waals surface area contributed by atoms with E-state index in [4.69, 9.17) is 40.0 Å². The molecular formula is C38H39ClN2O9S. The standard InChI is InChI=1S/C38H39ClN2O9S/c1-8-47-36(43)25-12-10-23(11-13-25)20-49-34-27(39)16-24(17-30(34)46-7)18-31-35(42)41-33(26-14-15-28(50-21(3)4)29(19-26)45-6)32(37(44)48-9-2)22(5)40-38(41)51-31/h10-19,21,33H,8-9,20H2,1-7H3/b31-18+/t33-/m1/s1. The topological polar surface area (TPSA) is 124 Å². The second kappa shape index (κ2) is 16.3. The monoisotopic (exact) mass is 734 g/mol. The third-order valence-electron chi connectivity index (χ3n) is 7.78. The molecule has 0 aliphatic carbocycles. The number of thiazole rings is 1. The van der Waals surface area contributed by atoms with Crippen LogP contribution in [0, 0.1) is 0 Å². The van der Waals surface area contributed by atoms with Gasteiger partial charge in [0.15, 0.2) is 27.8 Å². The van der Waals surface area contributed by atoms with Crippen molar-refractivity contribution in [1.82, 2.24) is 4.57 Å². The van der Waals surface area contributed by atoms with Crippen molar-refractivity contribution < 1.29 is 38.0 Å². The number of aromatic nitrogens is 1. The molecule has 0 spiro atoms. The molecule has 13 heteroatoms. The lowest BCUT2D eigenvalue weighted by Gasteiger charge is -2.25. The first kappa shape index (κ1) is 37.2. The summed E-state index contributed by atoms with van der Waals surface area (Å²) in [4.78, 5) is 44.6. The largest absolute Gasteiger partial charge is 0.493 e. The van der Waals surface area contributed by atoms with Gasteiger partial charge in [-0.05, 0) is 93.8 Å². The van der Waals surface area contributed by atoms with Crippen molar-refractivity contribution in [2.45, 2.75) is 53.4 Å². The molecule has 1 aliphatic heterocycles. The predicted octanol–water partition coefficient (Wildman–Crippen LogP) is 6.01. The molecule has 11 nitrogen and oxygen atoms in total. The lowest BCUT2D eigenvalue weighted by Crippen LogP contribution is -2.40. The number of benzene rings is 3. The minimum absolute atomic E-state index is 0.0936. The third kappa shape index (κ3) is 8.13. The van der Waals surface area contributed by atoms with E-state index >= 15 is 0 Å². The van der Waals surface area contributed by atoms with E-state index in [-0.39, 0.29) is 35.5 Å². The van der Waals surface area contributed by atoms with Crippen molar-refractivity contribution in [3.63, 3.8) is 0 Å². The van der Waals surface area contributed by atoms with Crippen LogP contribution in [0.15, 0.2) is 75.7 Å². The zero-order chi connectivity index (χ0) is 36.8. The highest BCUT2D eigenvalue weighted by Gasteiger charge is 2.34. The molecule has 5 rings (SSSR count). The van der Waals surface area contributed by atoms with E-state index in [0.717, 1.165) is 5.56 Å². The number of carbonyl (C=O) groups is 2. The van der Waals surface area contributed by atoms with Gasteiger partial charge in [0, 0.05) is 0 Å². The van der Waals surface area contributed by atoms with Gasteiger partial charge in [0.2, 0.25) is 0 Å². The first-order valence-corrected chi connectivity index (χ1v) is 17.5. The number of methoxy groups -OCH3 is 2. The summed E-state index contributed by atoms with van der Waals surface area (Å²) in [5.41, 5.74) is 2.78. The molecule has 0 radical (unpaired) electrons. The summed E-state index contributed by atoms with van der Waals surface area (Å²) in [6.45, 7) is 9.63. The van der Waals surface area contributed by atoms with Crippen LogP contribution in [0.25, 0.3) is 6.08 Å². The van der Waals surface area contributed by atoms with Crippen molar-refractivity contribution in [1.29, 1.82) is 0 Å². The molecule has 0 saturated heterocycles. The van der Waals surface area contributed by atoms with Crippen LogP contribution in [0.1, 0.15) is 67.7 Å². The number of nitrogens with zero attached hydrogens (tertiary/aromatic N) is 2. The van der Waals surface area contributed by atoms with E-state index < -0.39 is 18.0 Å². The van der Waals surface area contributed by atoms with E-state index in [9.17, 15) is 14.4 Å². The van der Waals surface area contributed by atoms with Gasteiger partial charge in [-0.2, -0.15) is 0 Å². The molecule has 268 valence electrons. The van der Waals surface area contributed by atoms with Crippen LogP contribution in [0.4, 0.5) is 0 Å². The lowest BCUT2D eigenvalue weighted by molar-refractivity contribution is -0.139. The fourth-order valence-corrected chi connectivity index (χ4v) is 6.85. The molecule has 1 atom stereocenters. The number of fused-ring (bicyclic) bond motifs is 1. The molecule has 0 amide bonds. The zero-order valence-corrected chi connectivity index (χ0v) is 31.0. The quantitative estimate of drug-likeness (QED) is 0.152. The molecule has 1 aliphatic rings. The number of hydrogen-bond donors (Lipinski definition) is 0. The maximum atomic E-state index is 14.2. The molecule has 2 heterocycles. The minimum Gasteiger partial charge on any atom is -0.493 e.